The molecule has 9 aromatic carbocycles. The topological polar surface area (TPSA) is 16.4 Å². The molecule has 11 rings (SSSR count). The molecule has 0 N–H and O–H groups in total. The maximum absolute atomic E-state index is 6.69. The molecule has 1 aliphatic carbocycles. The summed E-state index contributed by atoms with van der Waals surface area (Å²) in [5.74, 6) is 0. The molecule has 2 nitrogen and oxygen atoms in total. The Morgan fingerprint density at radius 2 is 1.00 bits per heavy atom. The number of hydrogen-bond acceptors (Lipinski definition) is 2. The molecule has 0 saturated heterocycles. The molecular formula is C52H35NO. The molecule has 2 heteroatoms. The summed E-state index contributed by atoms with van der Waals surface area (Å²) in [6.45, 7) is 2.42. The smallest absolute Gasteiger partial charge is 0.135 e. The van der Waals surface area contributed by atoms with E-state index in [-0.39, 0.29) is 0 Å². The first-order valence-corrected chi connectivity index (χ1v) is 18.7. The zero-order valence-electron chi connectivity index (χ0n) is 29.8. The highest BCUT2D eigenvalue weighted by molar-refractivity contribution is 6.16. The van der Waals surface area contributed by atoms with Gasteiger partial charge >= 0.3 is 0 Å². The molecule has 1 aromatic heterocycles. The Kier molecular flexibility index (Phi) is 6.72. The second-order valence-corrected chi connectivity index (χ2v) is 14.6. The molecule has 0 saturated carbocycles. The molecule has 0 spiro atoms. The van der Waals surface area contributed by atoms with Gasteiger partial charge in [0.15, 0.2) is 0 Å². The van der Waals surface area contributed by atoms with Crippen molar-refractivity contribution in [1.82, 2.24) is 0 Å². The summed E-state index contributed by atoms with van der Waals surface area (Å²) < 4.78 is 6.69. The van der Waals surface area contributed by atoms with Crippen LogP contribution >= 0.6 is 0 Å². The minimum absolute atomic E-state index is 0.510. The second kappa shape index (κ2) is 11.8. The third kappa shape index (κ3) is 4.41. The minimum atomic E-state index is -0.510. The SMILES string of the molecule is CC1(c2c(N(c3ccc(-c4ccccc4)cc3)c3cc4ccccc4c4ccccc34)ccc3oc4ccccc4c23)c2ccccc2-c2ccccc21. The van der Waals surface area contributed by atoms with Crippen LogP contribution in [0.2, 0.25) is 0 Å². The van der Waals surface area contributed by atoms with Crippen molar-refractivity contribution >= 4 is 60.5 Å². The first-order valence-electron chi connectivity index (χ1n) is 18.7. The lowest BCUT2D eigenvalue weighted by molar-refractivity contribution is 0.666. The van der Waals surface area contributed by atoms with E-state index in [4.69, 9.17) is 4.42 Å². The van der Waals surface area contributed by atoms with E-state index in [1.165, 1.54) is 60.5 Å². The molecule has 10 aromatic rings. The predicted molar refractivity (Wildman–Crippen MR) is 226 cm³/mol. The fourth-order valence-corrected chi connectivity index (χ4v) is 9.28. The zero-order valence-corrected chi connectivity index (χ0v) is 29.8. The highest BCUT2D eigenvalue weighted by Gasteiger charge is 2.44. The summed E-state index contributed by atoms with van der Waals surface area (Å²) in [6.07, 6.45) is 0. The number of hydrogen-bond donors (Lipinski definition) is 0. The molecule has 254 valence electrons. The van der Waals surface area contributed by atoms with Gasteiger partial charge in [0.05, 0.1) is 11.4 Å². The van der Waals surface area contributed by atoms with E-state index >= 15 is 0 Å². The average Bonchev–Trinajstić information content (AvgIpc) is 3.75. The molecule has 0 amide bonds. The van der Waals surface area contributed by atoms with Crippen molar-refractivity contribution in [2.45, 2.75) is 12.3 Å². The van der Waals surface area contributed by atoms with E-state index in [9.17, 15) is 0 Å². The molecule has 0 bridgehead atoms. The van der Waals surface area contributed by atoms with Gasteiger partial charge in [-0.3, -0.25) is 0 Å². The number of anilines is 3. The van der Waals surface area contributed by atoms with E-state index in [1.807, 2.05) is 0 Å². The molecule has 0 fully saturated rings. The minimum Gasteiger partial charge on any atom is -0.456 e. The quantitative estimate of drug-likeness (QED) is 0.167. The summed E-state index contributed by atoms with van der Waals surface area (Å²) in [5.41, 5.74) is 13.4. The Bertz CT molecular complexity index is 3020. The Hall–Kier alpha value is -6.90. The van der Waals surface area contributed by atoms with E-state index in [1.54, 1.807) is 0 Å². The third-order valence-corrected chi connectivity index (χ3v) is 11.7. The van der Waals surface area contributed by atoms with Crippen molar-refractivity contribution in [3.8, 4) is 22.3 Å². The van der Waals surface area contributed by atoms with E-state index in [0.29, 0.717) is 0 Å². The lowest BCUT2D eigenvalue weighted by Gasteiger charge is -2.36. The van der Waals surface area contributed by atoms with Crippen LogP contribution in [-0.4, -0.2) is 0 Å². The van der Waals surface area contributed by atoms with Gasteiger partial charge in [0, 0.05) is 32.8 Å². The Balaban J connectivity index is 1.29. The van der Waals surface area contributed by atoms with Gasteiger partial charge in [-0.15, -0.1) is 0 Å². The maximum Gasteiger partial charge on any atom is 0.135 e. The predicted octanol–water partition coefficient (Wildman–Crippen LogP) is 14.4. The number of rotatable bonds is 5. The van der Waals surface area contributed by atoms with Crippen molar-refractivity contribution < 1.29 is 4.42 Å². The summed E-state index contributed by atoms with van der Waals surface area (Å²) in [5, 5.41) is 7.15. The number of fused-ring (bicyclic) bond motifs is 9. The van der Waals surface area contributed by atoms with Crippen molar-refractivity contribution in [2.75, 3.05) is 4.90 Å². The van der Waals surface area contributed by atoms with E-state index < -0.39 is 5.41 Å². The Morgan fingerprint density at radius 3 is 1.74 bits per heavy atom. The zero-order chi connectivity index (χ0) is 35.8. The van der Waals surface area contributed by atoms with Crippen LogP contribution in [0.25, 0.3) is 65.7 Å². The molecule has 0 radical (unpaired) electrons. The van der Waals surface area contributed by atoms with Gasteiger partial charge in [0.2, 0.25) is 0 Å². The van der Waals surface area contributed by atoms with Gasteiger partial charge in [-0.1, -0.05) is 158 Å². The van der Waals surface area contributed by atoms with Gasteiger partial charge < -0.3 is 9.32 Å². The number of furan rings is 1. The average molecular weight is 690 g/mol. The third-order valence-electron chi connectivity index (χ3n) is 11.7. The fraction of sp³-hybridized carbons (Fsp3) is 0.0385. The molecule has 0 unspecified atom stereocenters. The standard InChI is InChI=1S/C52H35NO/c1-52(44-24-12-9-20-40(44)41-21-10-13-25-45(41)52)51-46(31-32-49-50(51)43-23-11-14-26-48(43)54-49)53(37-29-27-35(28-30-37)34-15-3-2-4-16-34)47-33-36-17-5-6-18-38(36)39-19-7-8-22-42(39)47/h2-33H,1H3. The Labute approximate surface area is 314 Å². The van der Waals surface area contributed by atoms with Crippen molar-refractivity contribution in [3.05, 3.63) is 211 Å². The van der Waals surface area contributed by atoms with Crippen LogP contribution in [0.3, 0.4) is 0 Å². The molecule has 1 aliphatic rings. The van der Waals surface area contributed by atoms with Crippen LogP contribution < -0.4 is 4.90 Å². The largest absolute Gasteiger partial charge is 0.456 e. The van der Waals surface area contributed by atoms with E-state index in [0.717, 1.165) is 39.0 Å². The Morgan fingerprint density at radius 1 is 0.426 bits per heavy atom. The number of benzene rings is 9. The molecule has 1 heterocycles. The van der Waals surface area contributed by atoms with Crippen LogP contribution in [0.15, 0.2) is 199 Å². The first kappa shape index (κ1) is 30.7. The maximum atomic E-state index is 6.69. The van der Waals surface area contributed by atoms with Crippen LogP contribution in [0, 0.1) is 0 Å². The summed E-state index contributed by atoms with van der Waals surface area (Å²) in [7, 11) is 0. The van der Waals surface area contributed by atoms with Crippen molar-refractivity contribution in [2.24, 2.45) is 0 Å². The van der Waals surface area contributed by atoms with Gasteiger partial charge in [-0.25, -0.2) is 0 Å². The molecule has 54 heavy (non-hydrogen) atoms. The highest BCUT2D eigenvalue weighted by atomic mass is 16.3. The highest BCUT2D eigenvalue weighted by Crippen LogP contribution is 2.58. The van der Waals surface area contributed by atoms with Crippen LogP contribution in [-0.2, 0) is 5.41 Å². The lowest BCUT2D eigenvalue weighted by Crippen LogP contribution is -2.26. The van der Waals surface area contributed by atoms with Crippen LogP contribution in [0.4, 0.5) is 17.1 Å². The van der Waals surface area contributed by atoms with Crippen LogP contribution in [0.5, 0.6) is 0 Å². The molecular weight excluding hydrogens is 655 g/mol. The normalized spacial score (nSPS) is 13.1. The summed E-state index contributed by atoms with van der Waals surface area (Å²) in [4.78, 5) is 2.51. The first-order chi connectivity index (χ1) is 26.7. The summed E-state index contributed by atoms with van der Waals surface area (Å²) in [6, 6.07) is 70.6. The molecule has 0 atom stereocenters. The monoisotopic (exact) mass is 689 g/mol. The van der Waals surface area contributed by atoms with Gasteiger partial charge in [0.1, 0.15) is 11.2 Å². The number of para-hydroxylation sites is 1. The van der Waals surface area contributed by atoms with E-state index in [2.05, 4.69) is 206 Å². The van der Waals surface area contributed by atoms with Crippen molar-refractivity contribution in [1.29, 1.82) is 0 Å². The van der Waals surface area contributed by atoms with Gasteiger partial charge in [-0.2, -0.15) is 0 Å². The molecule has 0 aliphatic heterocycles. The van der Waals surface area contributed by atoms with Crippen molar-refractivity contribution in [3.63, 3.8) is 0 Å². The summed E-state index contributed by atoms with van der Waals surface area (Å²) >= 11 is 0. The van der Waals surface area contributed by atoms with Gasteiger partial charge in [-0.05, 0) is 92.9 Å². The van der Waals surface area contributed by atoms with Crippen LogP contribution in [0.1, 0.15) is 23.6 Å². The number of nitrogens with zero attached hydrogens (tertiary/aromatic N) is 1. The second-order valence-electron chi connectivity index (χ2n) is 14.6. The van der Waals surface area contributed by atoms with Gasteiger partial charge in [0.25, 0.3) is 0 Å². The fourth-order valence-electron chi connectivity index (χ4n) is 9.28. The lowest BCUT2D eigenvalue weighted by atomic mass is 9.71.